The van der Waals surface area contributed by atoms with E-state index in [4.69, 9.17) is 4.74 Å². The molecule has 2 N–H and O–H groups in total. The first kappa shape index (κ1) is 19.7. The highest BCUT2D eigenvalue weighted by molar-refractivity contribution is 8.01. The van der Waals surface area contributed by atoms with Crippen LogP contribution in [0.1, 0.15) is 30.6 Å². The summed E-state index contributed by atoms with van der Waals surface area (Å²) in [6.45, 7) is 2.54. The van der Waals surface area contributed by atoms with Crippen LogP contribution in [0.4, 0.5) is 10.8 Å². The van der Waals surface area contributed by atoms with Gasteiger partial charge < -0.3 is 15.4 Å². The molecule has 150 valence electrons. The summed E-state index contributed by atoms with van der Waals surface area (Å²) < 4.78 is 6.39. The summed E-state index contributed by atoms with van der Waals surface area (Å²) >= 11 is 2.85. The molecule has 1 fully saturated rings. The number of ether oxygens (including phenoxy) is 1. The van der Waals surface area contributed by atoms with E-state index < -0.39 is 0 Å². The zero-order chi connectivity index (χ0) is 20.1. The number of hydrogen-bond donors (Lipinski definition) is 2. The van der Waals surface area contributed by atoms with Crippen molar-refractivity contribution in [2.75, 3.05) is 11.9 Å². The number of carbonyl (C=O) groups excluding carboxylic acids is 1. The zero-order valence-electron chi connectivity index (χ0n) is 16.0. The van der Waals surface area contributed by atoms with Crippen LogP contribution in [-0.2, 0) is 4.79 Å². The van der Waals surface area contributed by atoms with Crippen LogP contribution in [-0.4, -0.2) is 28.8 Å². The van der Waals surface area contributed by atoms with E-state index in [1.807, 2.05) is 61.5 Å². The molecular weight excluding hydrogens is 404 g/mol. The van der Waals surface area contributed by atoms with Crippen molar-refractivity contribution in [1.82, 2.24) is 15.5 Å². The van der Waals surface area contributed by atoms with Crippen LogP contribution in [0.25, 0.3) is 0 Å². The number of amides is 1. The quantitative estimate of drug-likeness (QED) is 0.479. The van der Waals surface area contributed by atoms with Gasteiger partial charge in [-0.25, -0.2) is 0 Å². The first-order valence-corrected chi connectivity index (χ1v) is 11.3. The molecule has 1 amide bonds. The van der Waals surface area contributed by atoms with Gasteiger partial charge in [0.2, 0.25) is 11.0 Å². The Hall–Kier alpha value is -2.58. The number of nitrogens with zero attached hydrogens (tertiary/aromatic N) is 2. The number of nitrogens with one attached hydrogen (secondary N) is 2. The van der Waals surface area contributed by atoms with Crippen LogP contribution >= 0.6 is 23.1 Å². The molecule has 3 aromatic rings. The molecule has 1 heterocycles. The van der Waals surface area contributed by atoms with Crippen LogP contribution in [0.5, 0.6) is 5.75 Å². The molecule has 1 unspecified atom stereocenters. The first-order chi connectivity index (χ1) is 14.2. The average Bonchev–Trinajstić information content (AvgIpc) is 3.45. The smallest absolute Gasteiger partial charge is 0.238 e. The van der Waals surface area contributed by atoms with E-state index in [9.17, 15) is 4.79 Å². The van der Waals surface area contributed by atoms with Crippen LogP contribution < -0.4 is 15.4 Å². The summed E-state index contributed by atoms with van der Waals surface area (Å²) in [6.07, 6.45) is 2.12. The van der Waals surface area contributed by atoms with Gasteiger partial charge in [-0.3, -0.25) is 4.79 Å². The normalized spacial score (nSPS) is 14.2. The van der Waals surface area contributed by atoms with Gasteiger partial charge in [-0.05, 0) is 37.5 Å². The summed E-state index contributed by atoms with van der Waals surface area (Å²) in [5, 5.41) is 15.2. The molecular formula is C21H22N4O2S2. The maximum absolute atomic E-state index is 12.8. The van der Waals surface area contributed by atoms with Crippen molar-refractivity contribution in [3.63, 3.8) is 0 Å². The van der Waals surface area contributed by atoms with E-state index in [-0.39, 0.29) is 11.2 Å². The van der Waals surface area contributed by atoms with Crippen molar-refractivity contribution in [2.24, 2.45) is 0 Å². The highest BCUT2D eigenvalue weighted by Crippen LogP contribution is 2.39. The molecule has 1 aliphatic carbocycles. The summed E-state index contributed by atoms with van der Waals surface area (Å²) in [7, 11) is 0. The Labute approximate surface area is 178 Å². The fourth-order valence-corrected chi connectivity index (χ4v) is 4.75. The highest BCUT2D eigenvalue weighted by Gasteiger charge is 2.30. The second-order valence-electron chi connectivity index (χ2n) is 6.62. The van der Waals surface area contributed by atoms with Crippen molar-refractivity contribution in [2.45, 2.75) is 35.4 Å². The minimum Gasteiger partial charge on any atom is -0.492 e. The predicted octanol–water partition coefficient (Wildman–Crippen LogP) is 4.79. The van der Waals surface area contributed by atoms with Crippen molar-refractivity contribution in [3.8, 4) is 5.75 Å². The molecule has 0 radical (unpaired) electrons. The van der Waals surface area contributed by atoms with Gasteiger partial charge in [-0.1, -0.05) is 65.6 Å². The Morgan fingerprint density at radius 3 is 2.69 bits per heavy atom. The SMILES string of the molecule is CCOc1ccccc1Nc1nnc(SC(C(=O)NC2CC2)c2ccccc2)s1. The van der Waals surface area contributed by atoms with Gasteiger partial charge in [0.25, 0.3) is 0 Å². The molecule has 29 heavy (non-hydrogen) atoms. The van der Waals surface area contributed by atoms with Crippen LogP contribution in [0.3, 0.4) is 0 Å². The summed E-state index contributed by atoms with van der Waals surface area (Å²) in [4.78, 5) is 12.8. The van der Waals surface area contributed by atoms with Crippen molar-refractivity contribution in [3.05, 3.63) is 60.2 Å². The maximum Gasteiger partial charge on any atom is 0.238 e. The Morgan fingerprint density at radius 1 is 1.17 bits per heavy atom. The molecule has 8 heteroatoms. The Bertz CT molecular complexity index is 960. The largest absolute Gasteiger partial charge is 0.492 e. The number of hydrogen-bond acceptors (Lipinski definition) is 7. The van der Waals surface area contributed by atoms with E-state index in [1.54, 1.807) is 0 Å². The second kappa shape index (κ2) is 9.28. The third kappa shape index (κ3) is 5.27. The molecule has 0 saturated heterocycles. The van der Waals surface area contributed by atoms with Gasteiger partial charge in [0.05, 0.1) is 12.3 Å². The molecule has 0 spiro atoms. The van der Waals surface area contributed by atoms with E-state index in [0.29, 0.717) is 17.8 Å². The van der Waals surface area contributed by atoms with Crippen LogP contribution in [0, 0.1) is 0 Å². The van der Waals surface area contributed by atoms with E-state index >= 15 is 0 Å². The maximum atomic E-state index is 12.8. The number of aromatic nitrogens is 2. The molecule has 1 aromatic heterocycles. The molecule has 2 aromatic carbocycles. The molecule has 1 saturated carbocycles. The summed E-state index contributed by atoms with van der Waals surface area (Å²) in [5.41, 5.74) is 1.80. The van der Waals surface area contributed by atoms with Gasteiger partial charge in [-0.2, -0.15) is 0 Å². The molecule has 4 rings (SSSR count). The fraction of sp³-hybridized carbons (Fsp3) is 0.286. The van der Waals surface area contributed by atoms with Crippen LogP contribution in [0.15, 0.2) is 58.9 Å². The van der Waals surface area contributed by atoms with Crippen LogP contribution in [0.2, 0.25) is 0 Å². The lowest BCUT2D eigenvalue weighted by Gasteiger charge is -2.15. The Balaban J connectivity index is 1.49. The second-order valence-corrected chi connectivity index (χ2v) is 8.95. The molecule has 0 bridgehead atoms. The van der Waals surface area contributed by atoms with E-state index in [0.717, 1.165) is 34.2 Å². The van der Waals surface area contributed by atoms with Gasteiger partial charge in [0.15, 0.2) is 4.34 Å². The lowest BCUT2D eigenvalue weighted by molar-refractivity contribution is -0.120. The number of anilines is 2. The minimum absolute atomic E-state index is 0.0232. The van der Waals surface area contributed by atoms with Gasteiger partial charge >= 0.3 is 0 Å². The van der Waals surface area contributed by atoms with Crippen molar-refractivity contribution < 1.29 is 9.53 Å². The topological polar surface area (TPSA) is 76.1 Å². The molecule has 1 atom stereocenters. The number of para-hydroxylation sites is 2. The standard InChI is InChI=1S/C21H22N4O2S2/c1-2-27-17-11-7-6-10-16(17)23-20-24-25-21(29-20)28-18(14-8-4-3-5-9-14)19(26)22-15-12-13-15/h3-11,15,18H,2,12-13H2,1H3,(H,22,26)(H,23,24). The highest BCUT2D eigenvalue weighted by atomic mass is 32.2. The molecule has 0 aliphatic heterocycles. The zero-order valence-corrected chi connectivity index (χ0v) is 17.6. The van der Waals surface area contributed by atoms with Gasteiger partial charge in [-0.15, -0.1) is 10.2 Å². The average molecular weight is 427 g/mol. The Kier molecular flexibility index (Phi) is 6.31. The van der Waals surface area contributed by atoms with E-state index in [1.165, 1.54) is 23.1 Å². The molecule has 1 aliphatic rings. The number of rotatable bonds is 9. The number of thioether (sulfide) groups is 1. The van der Waals surface area contributed by atoms with Gasteiger partial charge in [0, 0.05) is 6.04 Å². The predicted molar refractivity (Wildman–Crippen MR) is 117 cm³/mol. The minimum atomic E-state index is -0.353. The lowest BCUT2D eigenvalue weighted by Crippen LogP contribution is -2.29. The van der Waals surface area contributed by atoms with Gasteiger partial charge in [0.1, 0.15) is 11.0 Å². The van der Waals surface area contributed by atoms with Crippen molar-refractivity contribution in [1.29, 1.82) is 0 Å². The molecule has 6 nitrogen and oxygen atoms in total. The fourth-order valence-electron chi connectivity index (χ4n) is 2.78. The summed E-state index contributed by atoms with van der Waals surface area (Å²) in [6, 6.07) is 17.8. The van der Waals surface area contributed by atoms with E-state index in [2.05, 4.69) is 20.8 Å². The summed E-state index contributed by atoms with van der Waals surface area (Å²) in [5.74, 6) is 0.792. The lowest BCUT2D eigenvalue weighted by atomic mass is 10.1. The number of carbonyl (C=O) groups is 1. The number of benzene rings is 2. The Morgan fingerprint density at radius 2 is 1.93 bits per heavy atom. The first-order valence-electron chi connectivity index (χ1n) is 9.57. The third-order valence-electron chi connectivity index (χ3n) is 4.32. The monoisotopic (exact) mass is 426 g/mol. The van der Waals surface area contributed by atoms with Crippen molar-refractivity contribution >= 4 is 39.8 Å². The third-order valence-corrected chi connectivity index (χ3v) is 6.50.